The van der Waals surface area contributed by atoms with Crippen LogP contribution in [0.1, 0.15) is 30.3 Å². The SMILES string of the molecule is COc1ccc([C@@H]2CCCN2C(=O)Cn2cnc(C#N)n2)c(OC)c1. The molecule has 0 radical (unpaired) electrons. The van der Waals surface area contributed by atoms with Gasteiger partial charge in [0.1, 0.15) is 30.4 Å². The molecule has 1 aromatic heterocycles. The Bertz CT molecular complexity index is 811. The van der Waals surface area contributed by atoms with Gasteiger partial charge in [-0.15, -0.1) is 5.10 Å². The molecule has 1 atom stereocenters. The monoisotopic (exact) mass is 341 g/mol. The Hall–Kier alpha value is -3.08. The summed E-state index contributed by atoms with van der Waals surface area (Å²) in [6.07, 6.45) is 3.19. The number of hydrogen-bond acceptors (Lipinski definition) is 6. The van der Waals surface area contributed by atoms with Crippen molar-refractivity contribution in [2.75, 3.05) is 20.8 Å². The smallest absolute Gasteiger partial charge is 0.252 e. The number of aromatic nitrogens is 3. The maximum atomic E-state index is 12.7. The molecular weight excluding hydrogens is 322 g/mol. The first kappa shape index (κ1) is 16.8. The lowest BCUT2D eigenvalue weighted by atomic mass is 10.0. The summed E-state index contributed by atoms with van der Waals surface area (Å²) in [6.45, 7) is 0.738. The highest BCUT2D eigenvalue weighted by Gasteiger charge is 2.32. The predicted octanol–water partition coefficient (Wildman–Crippen LogP) is 1.53. The number of hydrogen-bond donors (Lipinski definition) is 0. The minimum absolute atomic E-state index is 0.0488. The van der Waals surface area contributed by atoms with E-state index in [1.807, 2.05) is 29.2 Å². The highest BCUT2D eigenvalue weighted by atomic mass is 16.5. The molecule has 1 fully saturated rings. The summed E-state index contributed by atoms with van der Waals surface area (Å²) < 4.78 is 12.1. The van der Waals surface area contributed by atoms with E-state index in [0.717, 1.165) is 18.4 Å². The largest absolute Gasteiger partial charge is 0.497 e. The molecule has 0 saturated carbocycles. The number of amides is 1. The number of ether oxygens (including phenoxy) is 2. The molecule has 1 saturated heterocycles. The van der Waals surface area contributed by atoms with Gasteiger partial charge in [-0.25, -0.2) is 9.67 Å². The Morgan fingerprint density at radius 2 is 2.24 bits per heavy atom. The van der Waals surface area contributed by atoms with Crippen LogP contribution in [0.25, 0.3) is 0 Å². The van der Waals surface area contributed by atoms with Crippen molar-refractivity contribution in [2.24, 2.45) is 0 Å². The molecule has 25 heavy (non-hydrogen) atoms. The molecule has 8 heteroatoms. The van der Waals surface area contributed by atoms with E-state index >= 15 is 0 Å². The summed E-state index contributed by atoms with van der Waals surface area (Å²) in [5.41, 5.74) is 0.963. The third-order valence-corrected chi connectivity index (χ3v) is 4.31. The zero-order valence-electron chi connectivity index (χ0n) is 14.2. The number of rotatable bonds is 5. The third-order valence-electron chi connectivity index (χ3n) is 4.31. The average Bonchev–Trinajstić information content (AvgIpc) is 3.30. The Labute approximate surface area is 145 Å². The number of carbonyl (C=O) groups excluding carboxylic acids is 1. The first-order valence-electron chi connectivity index (χ1n) is 7.97. The van der Waals surface area contributed by atoms with Crippen LogP contribution in [0.2, 0.25) is 0 Å². The Kier molecular flexibility index (Phi) is 4.84. The van der Waals surface area contributed by atoms with E-state index in [0.29, 0.717) is 18.0 Å². The molecule has 1 aliphatic heterocycles. The van der Waals surface area contributed by atoms with Crippen molar-refractivity contribution in [1.82, 2.24) is 19.7 Å². The maximum absolute atomic E-state index is 12.7. The summed E-state index contributed by atoms with van der Waals surface area (Å²) in [4.78, 5) is 18.4. The van der Waals surface area contributed by atoms with Crippen LogP contribution in [0.4, 0.5) is 0 Å². The second-order valence-corrected chi connectivity index (χ2v) is 5.73. The second kappa shape index (κ2) is 7.21. The van der Waals surface area contributed by atoms with E-state index < -0.39 is 0 Å². The molecule has 2 heterocycles. The number of nitriles is 1. The zero-order chi connectivity index (χ0) is 17.8. The standard InChI is InChI=1S/C17H19N5O3/c1-24-12-5-6-13(15(8-12)25-2)14-4-3-7-22(14)17(23)10-21-11-19-16(9-18)20-21/h5-6,8,11,14H,3-4,7,10H2,1-2H3/t14-/m0/s1. The average molecular weight is 341 g/mol. The lowest BCUT2D eigenvalue weighted by molar-refractivity contribution is -0.133. The van der Waals surface area contributed by atoms with E-state index in [2.05, 4.69) is 10.1 Å². The first-order valence-corrected chi connectivity index (χ1v) is 7.97. The van der Waals surface area contributed by atoms with Gasteiger partial charge in [0.15, 0.2) is 0 Å². The summed E-state index contributed by atoms with van der Waals surface area (Å²) in [5, 5.41) is 12.7. The van der Waals surface area contributed by atoms with Crippen molar-refractivity contribution in [3.05, 3.63) is 35.9 Å². The Morgan fingerprint density at radius 3 is 2.92 bits per heavy atom. The molecule has 3 rings (SSSR count). The topological polar surface area (TPSA) is 93.3 Å². The van der Waals surface area contributed by atoms with Crippen LogP contribution in [-0.2, 0) is 11.3 Å². The van der Waals surface area contributed by atoms with Crippen LogP contribution in [0.3, 0.4) is 0 Å². The van der Waals surface area contributed by atoms with Crippen LogP contribution in [0, 0.1) is 11.3 Å². The first-order chi connectivity index (χ1) is 12.2. The van der Waals surface area contributed by atoms with Crippen molar-refractivity contribution in [3.8, 4) is 17.6 Å². The van der Waals surface area contributed by atoms with E-state index in [-0.39, 0.29) is 24.3 Å². The molecule has 130 valence electrons. The van der Waals surface area contributed by atoms with E-state index in [9.17, 15) is 4.79 Å². The number of methoxy groups -OCH3 is 2. The number of benzene rings is 1. The number of carbonyl (C=O) groups is 1. The molecule has 8 nitrogen and oxygen atoms in total. The van der Waals surface area contributed by atoms with Crippen LogP contribution in [0.5, 0.6) is 11.5 Å². The molecular formula is C17H19N5O3. The van der Waals surface area contributed by atoms with Gasteiger partial charge in [-0.05, 0) is 25.0 Å². The summed E-state index contributed by atoms with van der Waals surface area (Å²) in [6, 6.07) is 7.44. The molecule has 0 aliphatic carbocycles. The summed E-state index contributed by atoms with van der Waals surface area (Å²) in [5.74, 6) is 1.41. The summed E-state index contributed by atoms with van der Waals surface area (Å²) >= 11 is 0. The highest BCUT2D eigenvalue weighted by Crippen LogP contribution is 2.38. The number of nitrogens with zero attached hydrogens (tertiary/aromatic N) is 5. The van der Waals surface area contributed by atoms with Crippen LogP contribution in [0.15, 0.2) is 24.5 Å². The lowest BCUT2D eigenvalue weighted by Gasteiger charge is -2.26. The molecule has 2 aromatic rings. The van der Waals surface area contributed by atoms with E-state index in [1.54, 1.807) is 14.2 Å². The fraction of sp³-hybridized carbons (Fsp3) is 0.412. The predicted molar refractivity (Wildman–Crippen MR) is 88.0 cm³/mol. The van der Waals surface area contributed by atoms with Crippen LogP contribution in [-0.4, -0.2) is 46.3 Å². The minimum Gasteiger partial charge on any atom is -0.497 e. The Balaban J connectivity index is 1.80. The molecule has 0 N–H and O–H groups in total. The van der Waals surface area contributed by atoms with Gasteiger partial charge < -0.3 is 14.4 Å². The van der Waals surface area contributed by atoms with Crippen molar-refractivity contribution >= 4 is 5.91 Å². The van der Waals surface area contributed by atoms with Gasteiger partial charge >= 0.3 is 0 Å². The van der Waals surface area contributed by atoms with Gasteiger partial charge in [-0.2, -0.15) is 5.26 Å². The third kappa shape index (κ3) is 3.40. The highest BCUT2D eigenvalue weighted by molar-refractivity contribution is 5.77. The fourth-order valence-corrected chi connectivity index (χ4v) is 3.13. The van der Waals surface area contributed by atoms with Gasteiger partial charge in [0, 0.05) is 18.2 Å². The lowest BCUT2D eigenvalue weighted by Crippen LogP contribution is -2.33. The van der Waals surface area contributed by atoms with Crippen molar-refractivity contribution in [3.63, 3.8) is 0 Å². The van der Waals surface area contributed by atoms with Gasteiger partial charge in [0.25, 0.3) is 5.82 Å². The molecule has 0 spiro atoms. The van der Waals surface area contributed by atoms with Crippen molar-refractivity contribution in [1.29, 1.82) is 5.26 Å². The minimum atomic E-state index is -0.0604. The molecule has 0 unspecified atom stereocenters. The van der Waals surface area contributed by atoms with E-state index in [4.69, 9.17) is 14.7 Å². The van der Waals surface area contributed by atoms with Gasteiger partial charge in [0.2, 0.25) is 5.91 Å². The molecule has 0 bridgehead atoms. The Morgan fingerprint density at radius 1 is 1.40 bits per heavy atom. The van der Waals surface area contributed by atoms with Crippen molar-refractivity contribution < 1.29 is 14.3 Å². The van der Waals surface area contributed by atoms with Crippen molar-refractivity contribution in [2.45, 2.75) is 25.4 Å². The number of likely N-dealkylation sites (tertiary alicyclic amines) is 1. The van der Waals surface area contributed by atoms with Gasteiger partial charge in [-0.3, -0.25) is 4.79 Å². The van der Waals surface area contributed by atoms with Crippen LogP contribution < -0.4 is 9.47 Å². The van der Waals surface area contributed by atoms with Gasteiger partial charge in [-0.1, -0.05) is 0 Å². The normalized spacial score (nSPS) is 16.5. The molecule has 1 aliphatic rings. The zero-order valence-corrected chi connectivity index (χ0v) is 14.2. The quantitative estimate of drug-likeness (QED) is 0.819. The fourth-order valence-electron chi connectivity index (χ4n) is 3.13. The summed E-state index contributed by atoms with van der Waals surface area (Å²) in [7, 11) is 3.21. The van der Waals surface area contributed by atoms with Gasteiger partial charge in [0.05, 0.1) is 20.3 Å². The molecule has 1 amide bonds. The van der Waals surface area contributed by atoms with Crippen LogP contribution >= 0.6 is 0 Å². The molecule has 1 aromatic carbocycles. The maximum Gasteiger partial charge on any atom is 0.252 e. The van der Waals surface area contributed by atoms with E-state index in [1.165, 1.54) is 11.0 Å². The second-order valence-electron chi connectivity index (χ2n) is 5.73.